The van der Waals surface area contributed by atoms with Gasteiger partial charge < -0.3 is 19.4 Å². The van der Waals surface area contributed by atoms with Crippen molar-refractivity contribution in [3.05, 3.63) is 91.6 Å². The van der Waals surface area contributed by atoms with Gasteiger partial charge in [0.25, 0.3) is 5.56 Å². The number of alkyl halides is 3. The topological polar surface area (TPSA) is 89.9 Å². The molecule has 2 aromatic carbocycles. The minimum atomic E-state index is -4.80. The number of benzene rings is 2. The second kappa shape index (κ2) is 16.5. The van der Waals surface area contributed by atoms with Gasteiger partial charge in [-0.3, -0.25) is 19.3 Å². The molecule has 1 aromatic heterocycles. The Bertz CT molecular complexity index is 1730. The third kappa shape index (κ3) is 9.32. The normalized spacial score (nSPS) is 15.1. The van der Waals surface area contributed by atoms with Crippen LogP contribution in [0.2, 0.25) is 5.02 Å². The first kappa shape index (κ1) is 39.1. The Labute approximate surface area is 294 Å². The van der Waals surface area contributed by atoms with Crippen LogP contribution in [0.15, 0.2) is 47.4 Å². The zero-order valence-corrected chi connectivity index (χ0v) is 29.9. The van der Waals surface area contributed by atoms with Gasteiger partial charge in [0.05, 0.1) is 35.8 Å². The largest absolute Gasteiger partial charge is 0.466 e. The third-order valence-corrected chi connectivity index (χ3v) is 9.23. The highest BCUT2D eigenvalue weighted by Crippen LogP contribution is 2.36. The predicted molar refractivity (Wildman–Crippen MR) is 184 cm³/mol. The van der Waals surface area contributed by atoms with Crippen LogP contribution >= 0.6 is 11.6 Å². The first-order valence-electron chi connectivity index (χ1n) is 16.6. The van der Waals surface area contributed by atoms with Gasteiger partial charge >= 0.3 is 12.1 Å². The fourth-order valence-electron chi connectivity index (χ4n) is 6.40. The van der Waals surface area contributed by atoms with Crippen LogP contribution in [0.1, 0.15) is 73.5 Å². The molecule has 13 heteroatoms. The summed E-state index contributed by atoms with van der Waals surface area (Å²) < 4.78 is 69.7. The number of rotatable bonds is 14. The standard InChI is InChI=1S/C37H44ClF4N3O5/c1-7-50-33(47)17-30(27-14-25(15-29(38)35(27)39)34-22(4)9-8-10-23(34)5)43-36(48)31(13-21(2)3)45-18-24(11-12-44-19-26(20-44)49-6)28(16-32(45)46)37(40,41)42/h8-10,14-16,18,21,26,30-31H,7,11-13,17,19-20H2,1-6H3,(H,43,48)/t30-,31?/m0/s1. The summed E-state index contributed by atoms with van der Waals surface area (Å²) in [6.07, 6.45) is -4.12. The van der Waals surface area contributed by atoms with Crippen molar-refractivity contribution in [2.45, 2.75) is 78.2 Å². The van der Waals surface area contributed by atoms with E-state index in [0.29, 0.717) is 31.3 Å². The third-order valence-electron chi connectivity index (χ3n) is 8.95. The molecular weight excluding hydrogens is 678 g/mol. The Kier molecular flexibility index (Phi) is 12.9. The molecule has 0 saturated carbocycles. The van der Waals surface area contributed by atoms with E-state index in [1.807, 2.05) is 36.9 Å². The van der Waals surface area contributed by atoms with Crippen LogP contribution in [0.25, 0.3) is 11.1 Å². The van der Waals surface area contributed by atoms with E-state index in [-0.39, 0.29) is 47.6 Å². The van der Waals surface area contributed by atoms with Crippen molar-refractivity contribution in [2.24, 2.45) is 5.92 Å². The second-order valence-corrected chi connectivity index (χ2v) is 13.6. The molecule has 1 saturated heterocycles. The second-order valence-electron chi connectivity index (χ2n) is 13.2. The lowest BCUT2D eigenvalue weighted by Gasteiger charge is -2.38. The molecule has 1 amide bonds. The van der Waals surface area contributed by atoms with E-state index in [9.17, 15) is 27.6 Å². The zero-order chi connectivity index (χ0) is 36.9. The number of pyridine rings is 1. The molecule has 0 spiro atoms. The number of nitrogens with zero attached hydrogens (tertiary/aromatic N) is 2. The smallest absolute Gasteiger partial charge is 0.416 e. The zero-order valence-electron chi connectivity index (χ0n) is 29.1. The number of carbonyl (C=O) groups excluding carboxylic acids is 2. The molecule has 0 bridgehead atoms. The number of ether oxygens (including phenoxy) is 2. The van der Waals surface area contributed by atoms with Crippen molar-refractivity contribution >= 4 is 23.5 Å². The van der Waals surface area contributed by atoms with Crippen LogP contribution < -0.4 is 10.9 Å². The van der Waals surface area contributed by atoms with Gasteiger partial charge in [-0.05, 0) is 79.5 Å². The highest BCUT2D eigenvalue weighted by Gasteiger charge is 2.37. The van der Waals surface area contributed by atoms with Crippen molar-refractivity contribution in [1.82, 2.24) is 14.8 Å². The Hall–Kier alpha value is -3.74. The van der Waals surface area contributed by atoms with Gasteiger partial charge in [-0.1, -0.05) is 43.6 Å². The quantitative estimate of drug-likeness (QED) is 0.140. The highest BCUT2D eigenvalue weighted by molar-refractivity contribution is 6.31. The van der Waals surface area contributed by atoms with E-state index >= 15 is 4.39 Å². The maximum absolute atomic E-state index is 15.9. The van der Waals surface area contributed by atoms with Crippen molar-refractivity contribution < 1.29 is 36.6 Å². The number of likely N-dealkylation sites (tertiary alicyclic amines) is 1. The summed E-state index contributed by atoms with van der Waals surface area (Å²) in [4.78, 5) is 42.3. The van der Waals surface area contributed by atoms with Gasteiger partial charge in [0.1, 0.15) is 11.9 Å². The molecule has 1 N–H and O–H groups in total. The number of hydrogen-bond donors (Lipinski definition) is 1. The van der Waals surface area contributed by atoms with Gasteiger partial charge in [0.2, 0.25) is 5.91 Å². The summed E-state index contributed by atoms with van der Waals surface area (Å²) in [5.74, 6) is -2.54. The molecule has 3 aromatic rings. The maximum Gasteiger partial charge on any atom is 0.416 e. The van der Waals surface area contributed by atoms with E-state index < -0.39 is 53.5 Å². The Morgan fingerprint density at radius 3 is 2.34 bits per heavy atom. The van der Waals surface area contributed by atoms with E-state index in [4.69, 9.17) is 21.1 Å². The van der Waals surface area contributed by atoms with E-state index in [1.165, 1.54) is 12.1 Å². The number of amides is 1. The minimum absolute atomic E-state index is 0.00821. The molecule has 1 fully saturated rings. The summed E-state index contributed by atoms with van der Waals surface area (Å²) in [5, 5.41) is 2.50. The Balaban J connectivity index is 1.77. The Morgan fingerprint density at radius 2 is 1.76 bits per heavy atom. The molecular formula is C37H44ClF4N3O5. The highest BCUT2D eigenvalue weighted by atomic mass is 35.5. The minimum Gasteiger partial charge on any atom is -0.466 e. The molecule has 1 unspecified atom stereocenters. The van der Waals surface area contributed by atoms with Crippen LogP contribution in [-0.4, -0.2) is 60.8 Å². The molecule has 0 radical (unpaired) electrons. The first-order valence-corrected chi connectivity index (χ1v) is 17.0. The molecule has 1 aliphatic rings. The van der Waals surface area contributed by atoms with Gasteiger partial charge in [-0.2, -0.15) is 13.2 Å². The van der Waals surface area contributed by atoms with Gasteiger partial charge in [0.15, 0.2) is 0 Å². The molecule has 8 nitrogen and oxygen atoms in total. The van der Waals surface area contributed by atoms with E-state index in [2.05, 4.69) is 5.32 Å². The molecule has 50 heavy (non-hydrogen) atoms. The number of hydrogen-bond acceptors (Lipinski definition) is 6. The Morgan fingerprint density at radius 1 is 1.10 bits per heavy atom. The fourth-order valence-corrected chi connectivity index (χ4v) is 6.62. The number of aromatic nitrogens is 1. The number of esters is 1. The van der Waals surface area contributed by atoms with Crippen LogP contribution in [0.3, 0.4) is 0 Å². The van der Waals surface area contributed by atoms with Crippen molar-refractivity contribution in [2.75, 3.05) is 33.4 Å². The van der Waals surface area contributed by atoms with Gasteiger partial charge in [0, 0.05) is 44.6 Å². The van der Waals surface area contributed by atoms with Gasteiger partial charge in [-0.25, -0.2) is 4.39 Å². The lowest BCUT2D eigenvalue weighted by atomic mass is 9.92. The van der Waals surface area contributed by atoms with Crippen LogP contribution in [-0.2, 0) is 31.7 Å². The molecule has 2 heterocycles. The number of nitrogens with one attached hydrogen (secondary N) is 1. The average molecular weight is 722 g/mol. The number of aryl methyl sites for hydroxylation is 2. The van der Waals surface area contributed by atoms with Crippen molar-refractivity contribution in [3.8, 4) is 11.1 Å². The first-order chi connectivity index (χ1) is 23.5. The predicted octanol–water partition coefficient (Wildman–Crippen LogP) is 7.21. The SMILES string of the molecule is CCOC(=O)C[C@H](NC(=O)C(CC(C)C)n1cc(CCN2CC(OC)C2)c(C(F)(F)F)cc1=O)c1cc(-c2c(C)cccc2C)cc(Cl)c1F. The van der Waals surface area contributed by atoms with Crippen LogP contribution in [0.5, 0.6) is 0 Å². The van der Waals surface area contributed by atoms with Crippen LogP contribution in [0.4, 0.5) is 17.6 Å². The lowest BCUT2D eigenvalue weighted by Crippen LogP contribution is -2.52. The summed E-state index contributed by atoms with van der Waals surface area (Å²) in [5.41, 5.74) is 0.857. The molecule has 4 rings (SSSR count). The summed E-state index contributed by atoms with van der Waals surface area (Å²) in [6.45, 7) is 10.5. The molecule has 1 aliphatic heterocycles. The fraction of sp³-hybridized carbons (Fsp3) is 0.486. The number of carbonyl (C=O) groups is 2. The molecule has 2 atom stereocenters. The summed E-state index contributed by atoms with van der Waals surface area (Å²) >= 11 is 6.40. The lowest BCUT2D eigenvalue weighted by molar-refractivity contribution is -0.144. The van der Waals surface area contributed by atoms with Crippen molar-refractivity contribution in [3.63, 3.8) is 0 Å². The average Bonchev–Trinajstić information content (AvgIpc) is 3.00. The number of halogens is 5. The van der Waals surface area contributed by atoms with E-state index in [1.54, 1.807) is 27.9 Å². The summed E-state index contributed by atoms with van der Waals surface area (Å²) in [6, 6.07) is 6.61. The summed E-state index contributed by atoms with van der Waals surface area (Å²) in [7, 11) is 1.57. The van der Waals surface area contributed by atoms with Crippen molar-refractivity contribution in [1.29, 1.82) is 0 Å². The monoisotopic (exact) mass is 721 g/mol. The van der Waals surface area contributed by atoms with Crippen LogP contribution in [0, 0.1) is 25.6 Å². The van der Waals surface area contributed by atoms with E-state index in [0.717, 1.165) is 27.5 Å². The van der Waals surface area contributed by atoms with Gasteiger partial charge in [-0.15, -0.1) is 0 Å². The number of methoxy groups -OCH3 is 1. The molecule has 0 aliphatic carbocycles. The molecule has 272 valence electrons. The maximum atomic E-state index is 15.9.